The second kappa shape index (κ2) is 7.10. The van der Waals surface area contributed by atoms with Crippen molar-refractivity contribution in [2.24, 2.45) is 5.73 Å². The summed E-state index contributed by atoms with van der Waals surface area (Å²) in [5, 5.41) is 0. The Morgan fingerprint density at radius 1 is 1.42 bits per heavy atom. The maximum atomic E-state index is 10.8. The fourth-order valence-corrected chi connectivity index (χ4v) is 0.833. The minimum Gasteiger partial charge on any atom is -0.465 e. The lowest BCUT2D eigenvalue weighted by Gasteiger charge is -2.06. The van der Waals surface area contributed by atoms with Crippen LogP contribution in [0.1, 0.15) is 39.5 Å². The van der Waals surface area contributed by atoms with Gasteiger partial charge in [0.1, 0.15) is 6.04 Å². The zero-order valence-corrected chi connectivity index (χ0v) is 8.01. The van der Waals surface area contributed by atoms with Gasteiger partial charge < -0.3 is 10.5 Å². The summed E-state index contributed by atoms with van der Waals surface area (Å²) in [7, 11) is 0. The van der Waals surface area contributed by atoms with Crippen LogP contribution in [0.4, 0.5) is 0 Å². The normalized spacial score (nSPS) is 12.6. The number of hydrogen-bond donors (Lipinski definition) is 1. The molecule has 0 fully saturated rings. The van der Waals surface area contributed by atoms with Gasteiger partial charge in [-0.1, -0.05) is 26.2 Å². The summed E-state index contributed by atoms with van der Waals surface area (Å²) in [5.41, 5.74) is 5.30. The van der Waals surface area contributed by atoms with Crippen molar-refractivity contribution in [2.45, 2.75) is 45.6 Å². The van der Waals surface area contributed by atoms with Crippen molar-refractivity contribution in [1.82, 2.24) is 0 Å². The molecule has 0 saturated carbocycles. The molecule has 0 aromatic carbocycles. The minimum atomic E-state index is -0.490. The molecule has 3 heteroatoms. The lowest BCUT2D eigenvalue weighted by molar-refractivity contribution is -0.144. The first-order valence-corrected chi connectivity index (χ1v) is 4.60. The topological polar surface area (TPSA) is 52.3 Å². The third kappa shape index (κ3) is 6.16. The Balaban J connectivity index is 3.14. The zero-order valence-electron chi connectivity index (χ0n) is 8.01. The average molecular weight is 173 g/mol. The molecule has 72 valence electrons. The van der Waals surface area contributed by atoms with Crippen molar-refractivity contribution < 1.29 is 9.53 Å². The van der Waals surface area contributed by atoms with Gasteiger partial charge in [-0.15, -0.1) is 0 Å². The van der Waals surface area contributed by atoms with Crippen LogP contribution in [-0.4, -0.2) is 18.6 Å². The summed E-state index contributed by atoms with van der Waals surface area (Å²) >= 11 is 0. The van der Waals surface area contributed by atoms with Crippen LogP contribution in [0.15, 0.2) is 0 Å². The molecule has 0 spiro atoms. The van der Waals surface area contributed by atoms with Gasteiger partial charge in [-0.2, -0.15) is 0 Å². The van der Waals surface area contributed by atoms with Gasteiger partial charge in [-0.25, -0.2) is 0 Å². The Morgan fingerprint density at radius 2 is 2.08 bits per heavy atom. The number of nitrogens with two attached hydrogens (primary N) is 1. The molecule has 3 nitrogen and oxygen atoms in total. The highest BCUT2D eigenvalue weighted by Crippen LogP contribution is 1.99. The van der Waals surface area contributed by atoms with Crippen LogP contribution in [0.2, 0.25) is 0 Å². The van der Waals surface area contributed by atoms with Crippen molar-refractivity contribution in [2.75, 3.05) is 6.61 Å². The maximum absolute atomic E-state index is 10.8. The molecule has 0 aliphatic heterocycles. The van der Waals surface area contributed by atoms with E-state index in [9.17, 15) is 4.79 Å². The first kappa shape index (κ1) is 11.4. The SMILES string of the molecule is CCCCCCOC(=O)[C@@H](C)N. The van der Waals surface area contributed by atoms with Crippen molar-refractivity contribution in [3.63, 3.8) is 0 Å². The first-order chi connectivity index (χ1) is 5.68. The van der Waals surface area contributed by atoms with Gasteiger partial charge in [0.05, 0.1) is 6.61 Å². The molecule has 0 aromatic heterocycles. The predicted octanol–water partition coefficient (Wildman–Crippen LogP) is 1.46. The molecule has 0 aromatic rings. The standard InChI is InChI=1S/C9H19NO2/c1-3-4-5-6-7-12-9(11)8(2)10/h8H,3-7,10H2,1-2H3/t8-/m1/s1. The molecule has 0 heterocycles. The quantitative estimate of drug-likeness (QED) is 0.488. The summed E-state index contributed by atoms with van der Waals surface area (Å²) in [6.45, 7) is 4.29. The molecule has 2 N–H and O–H groups in total. The van der Waals surface area contributed by atoms with Crippen LogP contribution < -0.4 is 5.73 Å². The third-order valence-electron chi connectivity index (χ3n) is 1.61. The van der Waals surface area contributed by atoms with Crippen molar-refractivity contribution in [3.05, 3.63) is 0 Å². The van der Waals surface area contributed by atoms with E-state index in [1.165, 1.54) is 12.8 Å². The monoisotopic (exact) mass is 173 g/mol. The number of ether oxygens (including phenoxy) is 1. The van der Waals surface area contributed by atoms with Crippen LogP contribution in [0.25, 0.3) is 0 Å². The Labute approximate surface area is 74.3 Å². The number of carbonyl (C=O) groups is 1. The third-order valence-corrected chi connectivity index (χ3v) is 1.61. The number of hydrogen-bond acceptors (Lipinski definition) is 3. The highest BCUT2D eigenvalue weighted by Gasteiger charge is 2.07. The van der Waals surface area contributed by atoms with Gasteiger partial charge in [0.25, 0.3) is 0 Å². The Bertz CT molecular complexity index is 124. The van der Waals surface area contributed by atoms with Gasteiger partial charge in [0.15, 0.2) is 0 Å². The highest BCUT2D eigenvalue weighted by atomic mass is 16.5. The van der Waals surface area contributed by atoms with E-state index in [1.807, 2.05) is 0 Å². The molecule has 0 radical (unpaired) electrons. The molecule has 0 saturated heterocycles. The molecular formula is C9H19NO2. The fraction of sp³-hybridized carbons (Fsp3) is 0.889. The maximum Gasteiger partial charge on any atom is 0.322 e. The number of rotatable bonds is 6. The van der Waals surface area contributed by atoms with Crippen LogP contribution in [0.3, 0.4) is 0 Å². The van der Waals surface area contributed by atoms with E-state index in [0.717, 1.165) is 12.8 Å². The highest BCUT2D eigenvalue weighted by molar-refractivity contribution is 5.74. The second-order valence-corrected chi connectivity index (χ2v) is 3.02. The molecule has 0 unspecified atom stereocenters. The van der Waals surface area contributed by atoms with Crippen molar-refractivity contribution in [3.8, 4) is 0 Å². The Kier molecular flexibility index (Phi) is 6.76. The lowest BCUT2D eigenvalue weighted by atomic mass is 10.2. The molecule has 12 heavy (non-hydrogen) atoms. The lowest BCUT2D eigenvalue weighted by Crippen LogP contribution is -2.28. The fourth-order valence-electron chi connectivity index (χ4n) is 0.833. The van der Waals surface area contributed by atoms with E-state index in [0.29, 0.717) is 6.61 Å². The van der Waals surface area contributed by atoms with Crippen LogP contribution in [0, 0.1) is 0 Å². The van der Waals surface area contributed by atoms with E-state index < -0.39 is 6.04 Å². The smallest absolute Gasteiger partial charge is 0.322 e. The molecule has 0 bridgehead atoms. The Morgan fingerprint density at radius 3 is 2.58 bits per heavy atom. The van der Waals surface area contributed by atoms with E-state index in [1.54, 1.807) is 6.92 Å². The summed E-state index contributed by atoms with van der Waals surface area (Å²) in [6, 6.07) is -0.490. The van der Waals surface area contributed by atoms with E-state index >= 15 is 0 Å². The molecule has 1 atom stereocenters. The van der Waals surface area contributed by atoms with Crippen LogP contribution in [0.5, 0.6) is 0 Å². The molecule has 0 amide bonds. The van der Waals surface area contributed by atoms with Gasteiger partial charge in [0, 0.05) is 0 Å². The number of carbonyl (C=O) groups excluding carboxylic acids is 1. The largest absolute Gasteiger partial charge is 0.465 e. The first-order valence-electron chi connectivity index (χ1n) is 4.60. The van der Waals surface area contributed by atoms with Gasteiger partial charge in [-0.3, -0.25) is 4.79 Å². The molecule has 0 aliphatic carbocycles. The van der Waals surface area contributed by atoms with Gasteiger partial charge in [-0.05, 0) is 13.3 Å². The van der Waals surface area contributed by atoms with Gasteiger partial charge >= 0.3 is 5.97 Å². The van der Waals surface area contributed by atoms with Crippen molar-refractivity contribution >= 4 is 5.97 Å². The molecule has 0 aliphatic rings. The van der Waals surface area contributed by atoms with Gasteiger partial charge in [0.2, 0.25) is 0 Å². The van der Waals surface area contributed by atoms with E-state index in [-0.39, 0.29) is 5.97 Å². The molecular weight excluding hydrogens is 154 g/mol. The van der Waals surface area contributed by atoms with Crippen molar-refractivity contribution in [1.29, 1.82) is 0 Å². The minimum absolute atomic E-state index is 0.300. The predicted molar refractivity (Wildman–Crippen MR) is 48.8 cm³/mol. The van der Waals surface area contributed by atoms with Crippen LogP contribution in [-0.2, 0) is 9.53 Å². The number of esters is 1. The van der Waals surface area contributed by atoms with Crippen LogP contribution >= 0.6 is 0 Å². The number of unbranched alkanes of at least 4 members (excludes halogenated alkanes) is 3. The summed E-state index contributed by atoms with van der Waals surface area (Å²) in [4.78, 5) is 10.8. The Hall–Kier alpha value is -0.570. The van der Waals surface area contributed by atoms with E-state index in [4.69, 9.17) is 10.5 Å². The summed E-state index contributed by atoms with van der Waals surface area (Å²) < 4.78 is 4.89. The van der Waals surface area contributed by atoms with E-state index in [2.05, 4.69) is 6.92 Å². The second-order valence-electron chi connectivity index (χ2n) is 3.02. The zero-order chi connectivity index (χ0) is 9.40. The average Bonchev–Trinajstić information content (AvgIpc) is 2.03. The summed E-state index contributed by atoms with van der Waals surface area (Å²) in [5.74, 6) is -0.300. The molecule has 0 rings (SSSR count). The summed E-state index contributed by atoms with van der Waals surface area (Å²) in [6.07, 6.45) is 4.48.